The molecule has 2 aliphatic rings. The number of carboxylic acid groups (broad SMARTS) is 1. The summed E-state index contributed by atoms with van der Waals surface area (Å²) in [6.45, 7) is 0. The highest BCUT2D eigenvalue weighted by atomic mass is 35.5. The molecule has 45 heavy (non-hydrogen) atoms. The van der Waals surface area contributed by atoms with Gasteiger partial charge in [0.05, 0.1) is 29.7 Å². The van der Waals surface area contributed by atoms with Gasteiger partial charge < -0.3 is 25.0 Å². The molecular formula is C33H33ClN6O5. The van der Waals surface area contributed by atoms with E-state index in [2.05, 4.69) is 30.2 Å². The van der Waals surface area contributed by atoms with Gasteiger partial charge in [-0.05, 0) is 73.9 Å². The smallest absolute Gasteiger partial charge is 0.328 e. The molecule has 3 N–H and O–H groups in total. The van der Waals surface area contributed by atoms with Crippen LogP contribution in [0.3, 0.4) is 0 Å². The first-order valence-corrected chi connectivity index (χ1v) is 15.3. The van der Waals surface area contributed by atoms with Crippen LogP contribution in [-0.4, -0.2) is 55.1 Å². The highest BCUT2D eigenvalue weighted by Gasteiger charge is 2.46. The third-order valence-corrected chi connectivity index (χ3v) is 9.04. The number of ether oxygens (including phenoxy) is 1. The van der Waals surface area contributed by atoms with Gasteiger partial charge in [0.2, 0.25) is 5.88 Å². The van der Waals surface area contributed by atoms with Crippen molar-refractivity contribution in [1.82, 2.24) is 24.8 Å². The van der Waals surface area contributed by atoms with E-state index < -0.39 is 17.4 Å². The Kier molecular flexibility index (Phi) is 8.28. The Hall–Kier alpha value is -4.77. The number of rotatable bonds is 9. The Balaban J connectivity index is 1.27. The van der Waals surface area contributed by atoms with E-state index in [-0.39, 0.29) is 23.3 Å². The average Bonchev–Trinajstić information content (AvgIpc) is 3.64. The molecule has 0 bridgehead atoms. The van der Waals surface area contributed by atoms with Crippen molar-refractivity contribution in [3.05, 3.63) is 70.6 Å². The molecule has 2 amide bonds. The maximum atomic E-state index is 13.7. The third kappa shape index (κ3) is 5.87. The number of hydrogen-bond acceptors (Lipinski definition) is 7. The molecule has 3 heterocycles. The van der Waals surface area contributed by atoms with Crippen LogP contribution in [-0.2, 0) is 16.6 Å². The van der Waals surface area contributed by atoms with E-state index in [0.29, 0.717) is 29.3 Å². The van der Waals surface area contributed by atoms with E-state index in [0.717, 1.165) is 47.6 Å². The minimum absolute atomic E-state index is 0.0537. The Labute approximate surface area is 264 Å². The number of aryl methyl sites for hydroxylation is 1. The second kappa shape index (κ2) is 12.3. The predicted octanol–water partition coefficient (Wildman–Crippen LogP) is 5.74. The van der Waals surface area contributed by atoms with Gasteiger partial charge in [0.25, 0.3) is 11.8 Å². The molecule has 0 aliphatic heterocycles. The zero-order valence-electron chi connectivity index (χ0n) is 25.0. The summed E-state index contributed by atoms with van der Waals surface area (Å²) in [5.74, 6) is -1.31. The average molecular weight is 629 g/mol. The number of halogens is 1. The number of aromatic nitrogens is 4. The molecule has 2 aliphatic carbocycles. The number of methoxy groups -OCH3 is 1. The van der Waals surface area contributed by atoms with Crippen molar-refractivity contribution in [2.45, 2.75) is 56.4 Å². The number of anilines is 1. The van der Waals surface area contributed by atoms with Crippen LogP contribution < -0.4 is 15.4 Å². The standard InChI is InChI=1S/C33H33ClN6O5/c1-40-25-16-20(8-10-22(25)28(19-6-3-4-7-19)29(40)23-11-9-21(34)17-35-23)30(43)39-33(14-5-15-33)32(44)38-26-18-36-24(12-13-27(41)42)31(37-26)45-2/h8-13,16-19H,3-7,14-15H2,1-2H3,(H,39,43)(H,41,42)(H,37,38,44)/b13-12+. The molecule has 11 nitrogen and oxygen atoms in total. The Bertz CT molecular complexity index is 1820. The molecule has 0 radical (unpaired) electrons. The number of amides is 2. The highest BCUT2D eigenvalue weighted by Crippen LogP contribution is 2.44. The van der Waals surface area contributed by atoms with Gasteiger partial charge in [0, 0.05) is 35.8 Å². The summed E-state index contributed by atoms with van der Waals surface area (Å²) in [6.07, 6.45) is 11.4. The number of hydrogen-bond donors (Lipinski definition) is 3. The summed E-state index contributed by atoms with van der Waals surface area (Å²) in [7, 11) is 3.36. The lowest BCUT2D eigenvalue weighted by Crippen LogP contribution is -2.61. The monoisotopic (exact) mass is 628 g/mol. The third-order valence-electron chi connectivity index (χ3n) is 8.82. The molecular weight excluding hydrogens is 596 g/mol. The molecule has 4 aromatic rings. The van der Waals surface area contributed by atoms with E-state index in [1.807, 2.05) is 37.4 Å². The molecule has 0 atom stereocenters. The lowest BCUT2D eigenvalue weighted by Gasteiger charge is -2.40. The molecule has 0 spiro atoms. The van der Waals surface area contributed by atoms with E-state index >= 15 is 0 Å². The quantitative estimate of drug-likeness (QED) is 0.199. The lowest BCUT2D eigenvalue weighted by atomic mass is 9.75. The van der Waals surface area contributed by atoms with Gasteiger partial charge >= 0.3 is 5.97 Å². The summed E-state index contributed by atoms with van der Waals surface area (Å²) in [4.78, 5) is 51.0. The van der Waals surface area contributed by atoms with Gasteiger partial charge in [-0.2, -0.15) is 4.98 Å². The first-order valence-electron chi connectivity index (χ1n) is 14.9. The van der Waals surface area contributed by atoms with Crippen LogP contribution in [0.2, 0.25) is 5.02 Å². The van der Waals surface area contributed by atoms with Crippen molar-refractivity contribution in [1.29, 1.82) is 0 Å². The number of aliphatic carboxylic acids is 1. The van der Waals surface area contributed by atoms with Crippen molar-refractivity contribution >= 4 is 52.2 Å². The fourth-order valence-corrected chi connectivity index (χ4v) is 6.49. The van der Waals surface area contributed by atoms with Gasteiger partial charge in [-0.15, -0.1) is 0 Å². The van der Waals surface area contributed by atoms with Crippen LogP contribution in [0.25, 0.3) is 28.4 Å². The van der Waals surface area contributed by atoms with E-state index in [9.17, 15) is 14.4 Å². The number of benzene rings is 1. The summed E-state index contributed by atoms with van der Waals surface area (Å²) in [5, 5.41) is 16.3. The van der Waals surface area contributed by atoms with Crippen molar-refractivity contribution in [2.24, 2.45) is 7.05 Å². The van der Waals surface area contributed by atoms with Crippen LogP contribution in [0.1, 0.15) is 72.5 Å². The predicted molar refractivity (Wildman–Crippen MR) is 170 cm³/mol. The second-order valence-corrected chi connectivity index (χ2v) is 12.0. The molecule has 2 fully saturated rings. The summed E-state index contributed by atoms with van der Waals surface area (Å²) in [5.41, 5.74) is 3.58. The van der Waals surface area contributed by atoms with E-state index in [1.165, 1.54) is 37.8 Å². The molecule has 232 valence electrons. The van der Waals surface area contributed by atoms with Gasteiger partial charge in [-0.1, -0.05) is 30.5 Å². The van der Waals surface area contributed by atoms with E-state index in [4.69, 9.17) is 21.4 Å². The van der Waals surface area contributed by atoms with Crippen molar-refractivity contribution in [3.8, 4) is 17.3 Å². The number of nitrogens with zero attached hydrogens (tertiary/aromatic N) is 4. The first-order chi connectivity index (χ1) is 21.7. The van der Waals surface area contributed by atoms with Crippen molar-refractivity contribution < 1.29 is 24.2 Å². The number of carbonyl (C=O) groups is 3. The zero-order valence-corrected chi connectivity index (χ0v) is 25.7. The number of nitrogens with one attached hydrogen (secondary N) is 2. The Morgan fingerprint density at radius 2 is 1.87 bits per heavy atom. The van der Waals surface area contributed by atoms with Crippen LogP contribution in [0.5, 0.6) is 5.88 Å². The molecule has 3 aromatic heterocycles. The fraction of sp³-hybridized carbons (Fsp3) is 0.333. The zero-order chi connectivity index (χ0) is 31.7. The number of carbonyl (C=O) groups excluding carboxylic acids is 2. The number of carboxylic acids is 1. The van der Waals surface area contributed by atoms with Gasteiger partial charge in [0.15, 0.2) is 5.82 Å². The lowest BCUT2D eigenvalue weighted by molar-refractivity contribution is -0.131. The van der Waals surface area contributed by atoms with Crippen molar-refractivity contribution in [2.75, 3.05) is 12.4 Å². The van der Waals surface area contributed by atoms with Crippen LogP contribution >= 0.6 is 11.6 Å². The molecule has 0 unspecified atom stereocenters. The number of fused-ring (bicyclic) bond motifs is 1. The topological polar surface area (TPSA) is 148 Å². The summed E-state index contributed by atoms with van der Waals surface area (Å²) in [6, 6.07) is 9.48. The Morgan fingerprint density at radius 1 is 1.09 bits per heavy atom. The van der Waals surface area contributed by atoms with Crippen LogP contribution in [0, 0.1) is 0 Å². The first kappa shape index (κ1) is 30.3. The summed E-state index contributed by atoms with van der Waals surface area (Å²) < 4.78 is 7.32. The van der Waals surface area contributed by atoms with Crippen LogP contribution in [0.4, 0.5) is 5.82 Å². The van der Waals surface area contributed by atoms with E-state index in [1.54, 1.807) is 6.20 Å². The summed E-state index contributed by atoms with van der Waals surface area (Å²) >= 11 is 6.14. The molecule has 1 aromatic carbocycles. The largest absolute Gasteiger partial charge is 0.479 e. The van der Waals surface area contributed by atoms with Gasteiger partial charge in [-0.25, -0.2) is 9.78 Å². The van der Waals surface area contributed by atoms with Gasteiger partial charge in [-0.3, -0.25) is 14.6 Å². The second-order valence-electron chi connectivity index (χ2n) is 11.6. The van der Waals surface area contributed by atoms with Gasteiger partial charge in [0.1, 0.15) is 11.2 Å². The maximum Gasteiger partial charge on any atom is 0.328 e. The minimum Gasteiger partial charge on any atom is -0.479 e. The highest BCUT2D eigenvalue weighted by molar-refractivity contribution is 6.30. The fourth-order valence-electron chi connectivity index (χ4n) is 6.38. The molecule has 2 saturated carbocycles. The number of pyridine rings is 1. The molecule has 12 heteroatoms. The van der Waals surface area contributed by atoms with Crippen molar-refractivity contribution in [3.63, 3.8) is 0 Å². The Morgan fingerprint density at radius 3 is 2.51 bits per heavy atom. The molecule has 6 rings (SSSR count). The minimum atomic E-state index is -1.14. The maximum absolute atomic E-state index is 13.7. The normalized spacial score (nSPS) is 16.1. The molecule has 0 saturated heterocycles. The van der Waals surface area contributed by atoms with Crippen LogP contribution in [0.15, 0.2) is 48.8 Å². The SMILES string of the molecule is COc1nc(NC(=O)C2(NC(=O)c3ccc4c(C5CCCC5)c(-c5ccc(Cl)cn5)n(C)c4c3)CCC2)cnc1/C=C/C(=O)O.